The van der Waals surface area contributed by atoms with Crippen LogP contribution in [0, 0.1) is 18.3 Å². The van der Waals surface area contributed by atoms with Gasteiger partial charge in [-0.2, -0.15) is 5.26 Å². The molecule has 2 fully saturated rings. The monoisotopic (exact) mass is 538 g/mol. The molecule has 194 valence electrons. The smallest absolute Gasteiger partial charge is 0.270 e. The molecule has 0 atom stereocenters. The van der Waals surface area contributed by atoms with Gasteiger partial charge in [-0.05, 0) is 61.9 Å². The number of rotatable bonds is 7. The highest BCUT2D eigenvalue weighted by Gasteiger charge is 2.33. The molecule has 0 radical (unpaired) electrons. The topological polar surface area (TPSA) is 87.8 Å². The normalized spacial score (nSPS) is 16.9. The van der Waals surface area contributed by atoms with Crippen LogP contribution >= 0.6 is 24.0 Å². The van der Waals surface area contributed by atoms with Gasteiger partial charge in [-0.25, -0.2) is 0 Å². The van der Waals surface area contributed by atoms with Crippen LogP contribution in [0.3, 0.4) is 0 Å². The van der Waals surface area contributed by atoms with Gasteiger partial charge in [0.25, 0.3) is 11.5 Å². The van der Waals surface area contributed by atoms with Crippen LogP contribution in [0.5, 0.6) is 11.5 Å². The van der Waals surface area contributed by atoms with Crippen LogP contribution in [0.4, 0.5) is 5.82 Å². The molecule has 1 aromatic heterocycles. The molecule has 2 aromatic rings. The first-order valence-electron chi connectivity index (χ1n) is 12.2. The minimum Gasteiger partial charge on any atom is -0.493 e. The van der Waals surface area contributed by atoms with Gasteiger partial charge in [0.15, 0.2) is 11.5 Å². The van der Waals surface area contributed by atoms with Crippen LogP contribution in [0.1, 0.15) is 41.5 Å². The summed E-state index contributed by atoms with van der Waals surface area (Å²) < 4.78 is 12.7. The number of pyridine rings is 1. The van der Waals surface area contributed by atoms with Gasteiger partial charge >= 0.3 is 0 Å². The average Bonchev–Trinajstić information content (AvgIpc) is 3.18. The Morgan fingerprint density at radius 1 is 1.14 bits per heavy atom. The highest BCUT2D eigenvalue weighted by molar-refractivity contribution is 8.26. The fourth-order valence-electron chi connectivity index (χ4n) is 4.80. The number of thioether (sulfide) groups is 1. The van der Waals surface area contributed by atoms with Crippen molar-refractivity contribution < 1.29 is 14.3 Å². The first kappa shape index (κ1) is 26.8. The molecule has 2 aliphatic rings. The Bertz CT molecular complexity index is 1370. The number of carbonyl (C=O) groups is 1. The number of carbonyl (C=O) groups excluding carboxylic acids is 1. The van der Waals surface area contributed by atoms with E-state index in [4.69, 9.17) is 21.7 Å². The fourth-order valence-corrected chi connectivity index (χ4v) is 6.09. The molecule has 10 heteroatoms. The molecule has 0 spiro atoms. The van der Waals surface area contributed by atoms with Crippen molar-refractivity contribution in [1.82, 2.24) is 9.47 Å². The number of piperidine rings is 1. The predicted octanol–water partition coefficient (Wildman–Crippen LogP) is 4.02. The molecule has 0 unspecified atom stereocenters. The summed E-state index contributed by atoms with van der Waals surface area (Å²) in [4.78, 5) is 30.6. The van der Waals surface area contributed by atoms with Crippen molar-refractivity contribution in [3.63, 3.8) is 0 Å². The Hall–Kier alpha value is -3.29. The summed E-state index contributed by atoms with van der Waals surface area (Å²) in [6, 6.07) is 7.74. The maximum Gasteiger partial charge on any atom is 0.270 e. The molecule has 3 heterocycles. The second-order valence-electron chi connectivity index (χ2n) is 9.03. The number of anilines is 1. The summed E-state index contributed by atoms with van der Waals surface area (Å²) >= 11 is 6.81. The van der Waals surface area contributed by atoms with Gasteiger partial charge in [-0.15, -0.1) is 0 Å². The van der Waals surface area contributed by atoms with Gasteiger partial charge in [0, 0.05) is 32.2 Å². The Labute approximate surface area is 226 Å². The number of aromatic nitrogens is 1. The van der Waals surface area contributed by atoms with E-state index in [1.54, 1.807) is 43.7 Å². The number of hydrogen-bond donors (Lipinski definition) is 0. The zero-order valence-electron chi connectivity index (χ0n) is 21.5. The van der Waals surface area contributed by atoms with Crippen molar-refractivity contribution in [1.29, 1.82) is 5.26 Å². The molecule has 0 bridgehead atoms. The molecule has 1 aromatic carbocycles. The quantitative estimate of drug-likeness (QED) is 0.386. The van der Waals surface area contributed by atoms with E-state index in [1.165, 1.54) is 11.8 Å². The molecule has 0 saturated carbocycles. The van der Waals surface area contributed by atoms with Gasteiger partial charge in [-0.3, -0.25) is 19.1 Å². The molecule has 2 saturated heterocycles. The molecule has 2 aliphatic heterocycles. The van der Waals surface area contributed by atoms with Gasteiger partial charge < -0.3 is 14.4 Å². The van der Waals surface area contributed by atoms with E-state index in [1.807, 2.05) is 18.2 Å². The van der Waals surface area contributed by atoms with Crippen molar-refractivity contribution in [3.05, 3.63) is 55.7 Å². The lowest BCUT2D eigenvalue weighted by Crippen LogP contribution is -2.36. The summed E-state index contributed by atoms with van der Waals surface area (Å²) in [6.45, 7) is 3.85. The van der Waals surface area contributed by atoms with E-state index < -0.39 is 0 Å². The first-order valence-corrected chi connectivity index (χ1v) is 13.4. The second kappa shape index (κ2) is 11.4. The Balaban J connectivity index is 1.65. The lowest BCUT2D eigenvalue weighted by atomic mass is 10.0. The minimum atomic E-state index is -0.319. The number of amides is 1. The van der Waals surface area contributed by atoms with E-state index in [0.29, 0.717) is 39.3 Å². The van der Waals surface area contributed by atoms with Crippen LogP contribution in [-0.2, 0) is 18.3 Å². The van der Waals surface area contributed by atoms with E-state index in [9.17, 15) is 14.9 Å². The number of nitriles is 1. The third kappa shape index (κ3) is 5.24. The van der Waals surface area contributed by atoms with Crippen molar-refractivity contribution in [3.8, 4) is 17.6 Å². The number of nitrogens with zero attached hydrogens (tertiary/aromatic N) is 4. The highest BCUT2D eigenvalue weighted by atomic mass is 32.2. The van der Waals surface area contributed by atoms with Crippen molar-refractivity contribution >= 4 is 46.1 Å². The highest BCUT2D eigenvalue weighted by Crippen LogP contribution is 2.36. The number of thiocarbonyl (C=S) groups is 1. The molecule has 37 heavy (non-hydrogen) atoms. The van der Waals surface area contributed by atoms with Gasteiger partial charge in [0.1, 0.15) is 21.8 Å². The van der Waals surface area contributed by atoms with Crippen LogP contribution in [0.15, 0.2) is 27.9 Å². The van der Waals surface area contributed by atoms with Crippen molar-refractivity contribution in [2.45, 2.75) is 32.6 Å². The molecule has 1 amide bonds. The summed E-state index contributed by atoms with van der Waals surface area (Å²) in [5.41, 5.74) is 2.08. The first-order chi connectivity index (χ1) is 17.8. The maximum atomic E-state index is 13.4. The number of ether oxygens (including phenoxy) is 2. The lowest BCUT2D eigenvalue weighted by Gasteiger charge is -2.32. The predicted molar refractivity (Wildman–Crippen MR) is 150 cm³/mol. The van der Waals surface area contributed by atoms with Crippen LogP contribution < -0.4 is 19.9 Å². The van der Waals surface area contributed by atoms with E-state index in [0.717, 1.165) is 49.3 Å². The third-order valence-electron chi connectivity index (χ3n) is 6.84. The van der Waals surface area contributed by atoms with Gasteiger partial charge in [0.05, 0.1) is 19.1 Å². The standard InChI is InChI=1S/C27H30N4O4S2/c1-17-19(24(30-11-6-5-7-12-30)29(2)25(32)20(17)16-28)15-23-26(33)31(27(36)37-23)13-10-18-8-9-21(34-3)22(14-18)35-4/h8-9,14-15H,5-7,10-13H2,1-4H3/b23-15+. The maximum absolute atomic E-state index is 13.4. The van der Waals surface area contributed by atoms with E-state index >= 15 is 0 Å². The zero-order valence-corrected chi connectivity index (χ0v) is 23.1. The SMILES string of the molecule is COc1ccc(CCN2C(=O)/C(=C\c3c(C)c(C#N)c(=O)n(C)c3N3CCCCC3)SC2=S)cc1OC. The van der Waals surface area contributed by atoms with Crippen LogP contribution in [0.25, 0.3) is 6.08 Å². The van der Waals surface area contributed by atoms with E-state index in [2.05, 4.69) is 11.0 Å². The Morgan fingerprint density at radius 2 is 1.84 bits per heavy atom. The number of benzene rings is 1. The van der Waals surface area contributed by atoms with Crippen LogP contribution in [0.2, 0.25) is 0 Å². The van der Waals surface area contributed by atoms with Crippen molar-refractivity contribution in [2.24, 2.45) is 7.05 Å². The van der Waals surface area contributed by atoms with Crippen molar-refractivity contribution in [2.75, 3.05) is 38.8 Å². The molecule has 0 N–H and O–H groups in total. The fraction of sp³-hybridized carbons (Fsp3) is 0.407. The number of methoxy groups -OCH3 is 2. The molecule has 0 aliphatic carbocycles. The minimum absolute atomic E-state index is 0.0958. The van der Waals surface area contributed by atoms with Crippen LogP contribution in [-0.4, -0.2) is 53.5 Å². The molecule has 4 rings (SSSR count). The molecular formula is C27H30N4O4S2. The Kier molecular flexibility index (Phi) is 8.25. The van der Waals surface area contributed by atoms with Gasteiger partial charge in [0.2, 0.25) is 0 Å². The average molecular weight is 539 g/mol. The van der Waals surface area contributed by atoms with Gasteiger partial charge in [-0.1, -0.05) is 30.0 Å². The molecule has 8 nitrogen and oxygen atoms in total. The summed E-state index contributed by atoms with van der Waals surface area (Å²) in [7, 11) is 4.87. The third-order valence-corrected chi connectivity index (χ3v) is 8.22. The Morgan fingerprint density at radius 3 is 2.49 bits per heavy atom. The number of hydrogen-bond acceptors (Lipinski definition) is 8. The van der Waals surface area contributed by atoms with E-state index in [-0.39, 0.29) is 17.0 Å². The largest absolute Gasteiger partial charge is 0.493 e. The lowest BCUT2D eigenvalue weighted by molar-refractivity contribution is -0.122. The summed E-state index contributed by atoms with van der Waals surface area (Å²) in [5, 5.41) is 9.68. The summed E-state index contributed by atoms with van der Waals surface area (Å²) in [5.74, 6) is 1.85. The molecular weight excluding hydrogens is 508 g/mol. The zero-order chi connectivity index (χ0) is 26.7. The summed E-state index contributed by atoms with van der Waals surface area (Å²) in [6.07, 6.45) is 5.61. The second-order valence-corrected chi connectivity index (χ2v) is 10.7.